The van der Waals surface area contributed by atoms with Crippen molar-refractivity contribution in [3.05, 3.63) is 63.6 Å². The summed E-state index contributed by atoms with van der Waals surface area (Å²) >= 11 is 11.8. The third-order valence-electron chi connectivity index (χ3n) is 3.65. The quantitative estimate of drug-likeness (QED) is 0.653. The summed E-state index contributed by atoms with van der Waals surface area (Å²) in [4.78, 5) is 24.3. The van der Waals surface area contributed by atoms with Gasteiger partial charge in [0.1, 0.15) is 0 Å². The van der Waals surface area contributed by atoms with Crippen LogP contribution < -0.4 is 10.6 Å². The summed E-state index contributed by atoms with van der Waals surface area (Å²) in [5.41, 5.74) is 1.54. The standard InChI is InChI=1S/C19H20Cl2N2O2/c1-2-3-4-11-22-18(24)13-5-7-14(8-6-13)19(25)23-15-9-10-16(20)17(21)12-15/h5-10,12H,2-4,11H2,1H3,(H,22,24)(H,23,25). The van der Waals surface area contributed by atoms with Crippen LogP contribution in [0.5, 0.6) is 0 Å². The van der Waals surface area contributed by atoms with E-state index in [2.05, 4.69) is 17.6 Å². The van der Waals surface area contributed by atoms with Crippen molar-refractivity contribution in [1.29, 1.82) is 0 Å². The molecule has 0 aromatic heterocycles. The number of anilines is 1. The van der Waals surface area contributed by atoms with Crippen molar-refractivity contribution in [1.82, 2.24) is 5.32 Å². The Morgan fingerprint density at radius 3 is 2.12 bits per heavy atom. The van der Waals surface area contributed by atoms with Crippen LogP contribution in [0.2, 0.25) is 10.0 Å². The van der Waals surface area contributed by atoms with Gasteiger partial charge < -0.3 is 10.6 Å². The minimum absolute atomic E-state index is 0.132. The summed E-state index contributed by atoms with van der Waals surface area (Å²) in [6.45, 7) is 2.77. The van der Waals surface area contributed by atoms with Crippen LogP contribution in [-0.4, -0.2) is 18.4 Å². The molecule has 0 bridgehead atoms. The summed E-state index contributed by atoms with van der Waals surface area (Å²) in [5.74, 6) is -0.416. The van der Waals surface area contributed by atoms with Gasteiger partial charge in [0, 0.05) is 23.4 Å². The first kappa shape index (κ1) is 19.3. The molecule has 0 heterocycles. The predicted molar refractivity (Wildman–Crippen MR) is 103 cm³/mol. The van der Waals surface area contributed by atoms with Gasteiger partial charge in [-0.1, -0.05) is 43.0 Å². The van der Waals surface area contributed by atoms with Gasteiger partial charge in [0.05, 0.1) is 10.0 Å². The van der Waals surface area contributed by atoms with Crippen molar-refractivity contribution in [2.45, 2.75) is 26.2 Å². The van der Waals surface area contributed by atoms with Crippen LogP contribution in [0.3, 0.4) is 0 Å². The fourth-order valence-electron chi connectivity index (χ4n) is 2.23. The number of unbranched alkanes of at least 4 members (excludes halogenated alkanes) is 2. The first-order chi connectivity index (χ1) is 12.0. The van der Waals surface area contributed by atoms with E-state index in [1.54, 1.807) is 42.5 Å². The molecule has 0 fully saturated rings. The predicted octanol–water partition coefficient (Wildman–Crippen LogP) is 5.17. The fraction of sp³-hybridized carbons (Fsp3) is 0.263. The Morgan fingerprint density at radius 2 is 1.52 bits per heavy atom. The molecule has 4 nitrogen and oxygen atoms in total. The maximum Gasteiger partial charge on any atom is 0.255 e. The van der Waals surface area contributed by atoms with E-state index >= 15 is 0 Å². The molecular weight excluding hydrogens is 359 g/mol. The third-order valence-corrected chi connectivity index (χ3v) is 4.39. The molecule has 0 radical (unpaired) electrons. The Hall–Kier alpha value is -2.04. The van der Waals surface area contributed by atoms with Gasteiger partial charge >= 0.3 is 0 Å². The second kappa shape index (κ2) is 9.44. The Balaban J connectivity index is 1.95. The molecule has 2 aromatic rings. The van der Waals surface area contributed by atoms with Gasteiger partial charge in [0.15, 0.2) is 0 Å². The minimum atomic E-state index is -0.284. The maximum absolute atomic E-state index is 12.2. The van der Waals surface area contributed by atoms with Gasteiger partial charge in [-0.25, -0.2) is 0 Å². The second-order valence-corrected chi connectivity index (χ2v) is 6.44. The highest BCUT2D eigenvalue weighted by molar-refractivity contribution is 6.42. The molecule has 0 aliphatic carbocycles. The normalized spacial score (nSPS) is 10.4. The van der Waals surface area contributed by atoms with E-state index in [-0.39, 0.29) is 11.8 Å². The number of benzene rings is 2. The molecule has 2 aromatic carbocycles. The SMILES string of the molecule is CCCCCNC(=O)c1ccc(C(=O)Nc2ccc(Cl)c(Cl)c2)cc1. The number of carbonyl (C=O) groups is 2. The Morgan fingerprint density at radius 1 is 0.880 bits per heavy atom. The average Bonchev–Trinajstić information content (AvgIpc) is 2.62. The lowest BCUT2D eigenvalue weighted by atomic mass is 10.1. The highest BCUT2D eigenvalue weighted by atomic mass is 35.5. The topological polar surface area (TPSA) is 58.2 Å². The lowest BCUT2D eigenvalue weighted by molar-refractivity contribution is 0.0951. The minimum Gasteiger partial charge on any atom is -0.352 e. The van der Waals surface area contributed by atoms with Crippen molar-refractivity contribution < 1.29 is 9.59 Å². The molecule has 0 saturated carbocycles. The van der Waals surface area contributed by atoms with Crippen molar-refractivity contribution in [3.63, 3.8) is 0 Å². The highest BCUT2D eigenvalue weighted by Gasteiger charge is 2.10. The van der Waals surface area contributed by atoms with Crippen molar-refractivity contribution in [3.8, 4) is 0 Å². The van der Waals surface area contributed by atoms with Gasteiger partial charge in [-0.05, 0) is 48.9 Å². The van der Waals surface area contributed by atoms with Gasteiger partial charge in [-0.15, -0.1) is 0 Å². The number of carbonyl (C=O) groups excluding carboxylic acids is 2. The zero-order chi connectivity index (χ0) is 18.2. The van der Waals surface area contributed by atoms with Crippen LogP contribution in [0, 0.1) is 0 Å². The van der Waals surface area contributed by atoms with Gasteiger partial charge in [0.2, 0.25) is 0 Å². The number of amides is 2. The van der Waals surface area contributed by atoms with Crippen LogP contribution in [0.4, 0.5) is 5.69 Å². The molecule has 6 heteroatoms. The molecule has 132 valence electrons. The molecular formula is C19H20Cl2N2O2. The van der Waals surface area contributed by atoms with Crippen LogP contribution in [-0.2, 0) is 0 Å². The number of halogens is 2. The molecule has 0 aliphatic heterocycles. The summed E-state index contributed by atoms with van der Waals surface area (Å²) in [7, 11) is 0. The summed E-state index contributed by atoms with van der Waals surface area (Å²) < 4.78 is 0. The van der Waals surface area contributed by atoms with E-state index in [0.717, 1.165) is 19.3 Å². The van der Waals surface area contributed by atoms with Gasteiger partial charge in [-0.3, -0.25) is 9.59 Å². The number of hydrogen-bond donors (Lipinski definition) is 2. The van der Waals surface area contributed by atoms with Crippen molar-refractivity contribution >= 4 is 40.7 Å². The fourth-order valence-corrected chi connectivity index (χ4v) is 2.53. The molecule has 0 aliphatic rings. The van der Waals surface area contributed by atoms with E-state index in [0.29, 0.717) is 33.4 Å². The lowest BCUT2D eigenvalue weighted by Crippen LogP contribution is -2.24. The van der Waals surface area contributed by atoms with Crippen LogP contribution in [0.25, 0.3) is 0 Å². The molecule has 25 heavy (non-hydrogen) atoms. The van der Waals surface area contributed by atoms with Crippen LogP contribution in [0.1, 0.15) is 46.9 Å². The first-order valence-corrected chi connectivity index (χ1v) is 8.91. The lowest BCUT2D eigenvalue weighted by Gasteiger charge is -2.08. The number of hydrogen-bond acceptors (Lipinski definition) is 2. The van der Waals surface area contributed by atoms with E-state index in [1.807, 2.05) is 0 Å². The molecule has 2 rings (SSSR count). The summed E-state index contributed by atoms with van der Waals surface area (Å²) in [5, 5.41) is 6.40. The zero-order valence-electron chi connectivity index (χ0n) is 13.9. The van der Waals surface area contributed by atoms with E-state index in [9.17, 15) is 9.59 Å². The second-order valence-electron chi connectivity index (χ2n) is 5.62. The Bertz CT molecular complexity index is 746. The maximum atomic E-state index is 12.2. The molecule has 0 spiro atoms. The number of rotatable bonds is 7. The third kappa shape index (κ3) is 5.76. The first-order valence-electron chi connectivity index (χ1n) is 8.16. The Labute approximate surface area is 157 Å². The highest BCUT2D eigenvalue weighted by Crippen LogP contribution is 2.25. The smallest absolute Gasteiger partial charge is 0.255 e. The largest absolute Gasteiger partial charge is 0.352 e. The van der Waals surface area contributed by atoms with E-state index in [4.69, 9.17) is 23.2 Å². The van der Waals surface area contributed by atoms with E-state index < -0.39 is 0 Å². The van der Waals surface area contributed by atoms with Crippen molar-refractivity contribution in [2.24, 2.45) is 0 Å². The molecule has 0 atom stereocenters. The Kier molecular flexibility index (Phi) is 7.29. The van der Waals surface area contributed by atoms with Gasteiger partial charge in [0.25, 0.3) is 11.8 Å². The van der Waals surface area contributed by atoms with Crippen molar-refractivity contribution in [2.75, 3.05) is 11.9 Å². The van der Waals surface area contributed by atoms with Crippen LogP contribution >= 0.6 is 23.2 Å². The van der Waals surface area contributed by atoms with E-state index in [1.165, 1.54) is 0 Å². The monoisotopic (exact) mass is 378 g/mol. The molecule has 0 saturated heterocycles. The molecule has 2 N–H and O–H groups in total. The molecule has 0 unspecified atom stereocenters. The molecule has 2 amide bonds. The summed E-state index contributed by atoms with van der Waals surface area (Å²) in [6, 6.07) is 11.4. The van der Waals surface area contributed by atoms with Crippen LogP contribution in [0.15, 0.2) is 42.5 Å². The average molecular weight is 379 g/mol. The number of nitrogens with one attached hydrogen (secondary N) is 2. The zero-order valence-corrected chi connectivity index (χ0v) is 15.5. The van der Waals surface area contributed by atoms with Gasteiger partial charge in [-0.2, -0.15) is 0 Å². The summed E-state index contributed by atoms with van der Waals surface area (Å²) in [6.07, 6.45) is 3.17.